The van der Waals surface area contributed by atoms with Gasteiger partial charge in [-0.05, 0) is 12.0 Å². The minimum atomic E-state index is -1.03. The predicted octanol–water partition coefficient (Wildman–Crippen LogP) is 2.14. The van der Waals surface area contributed by atoms with Crippen LogP contribution >= 0.6 is 11.6 Å². The first-order valence-electron chi connectivity index (χ1n) is 4.70. The maximum atomic E-state index is 10.3. The molecule has 1 aromatic carbocycles. The molecule has 0 heterocycles. The lowest BCUT2D eigenvalue weighted by Crippen LogP contribution is -2.40. The zero-order valence-corrected chi connectivity index (χ0v) is 9.25. The van der Waals surface area contributed by atoms with E-state index < -0.39 is 5.60 Å². The third-order valence-corrected chi connectivity index (χ3v) is 2.94. The molecule has 1 aromatic rings. The van der Waals surface area contributed by atoms with Crippen molar-refractivity contribution in [1.82, 2.24) is 0 Å². The van der Waals surface area contributed by atoms with Gasteiger partial charge in [-0.25, -0.2) is 0 Å². The standard InChI is InChI=1S/C11H16ClNO/c1-8(2)11(14,7-13)9-5-3-4-6-10(9)12/h3-6,8,14H,7,13H2,1-2H3. The smallest absolute Gasteiger partial charge is 0.105 e. The van der Waals surface area contributed by atoms with Gasteiger partial charge in [-0.1, -0.05) is 43.6 Å². The second kappa shape index (κ2) is 4.30. The lowest BCUT2D eigenvalue weighted by Gasteiger charge is -2.32. The van der Waals surface area contributed by atoms with Gasteiger partial charge >= 0.3 is 0 Å². The van der Waals surface area contributed by atoms with E-state index in [0.29, 0.717) is 10.6 Å². The third kappa shape index (κ3) is 1.92. The van der Waals surface area contributed by atoms with E-state index in [4.69, 9.17) is 17.3 Å². The Morgan fingerprint density at radius 3 is 2.43 bits per heavy atom. The highest BCUT2D eigenvalue weighted by Crippen LogP contribution is 2.33. The molecule has 1 atom stereocenters. The van der Waals surface area contributed by atoms with Gasteiger partial charge in [0.1, 0.15) is 5.60 Å². The molecule has 0 amide bonds. The van der Waals surface area contributed by atoms with Crippen molar-refractivity contribution in [3.63, 3.8) is 0 Å². The molecule has 0 spiro atoms. The van der Waals surface area contributed by atoms with Crippen molar-refractivity contribution in [3.8, 4) is 0 Å². The molecule has 0 saturated heterocycles. The van der Waals surface area contributed by atoms with Gasteiger partial charge in [-0.3, -0.25) is 0 Å². The number of hydrogen-bond donors (Lipinski definition) is 2. The fourth-order valence-electron chi connectivity index (χ4n) is 1.47. The molecule has 14 heavy (non-hydrogen) atoms. The summed E-state index contributed by atoms with van der Waals surface area (Å²) in [7, 11) is 0. The Bertz CT molecular complexity index is 314. The topological polar surface area (TPSA) is 46.2 Å². The van der Waals surface area contributed by atoms with Crippen LogP contribution in [0.25, 0.3) is 0 Å². The van der Waals surface area contributed by atoms with Crippen LogP contribution in [0.15, 0.2) is 24.3 Å². The summed E-state index contributed by atoms with van der Waals surface area (Å²) >= 11 is 6.02. The Labute approximate surface area is 89.7 Å². The second-order valence-corrected chi connectivity index (χ2v) is 4.17. The van der Waals surface area contributed by atoms with E-state index in [9.17, 15) is 5.11 Å². The van der Waals surface area contributed by atoms with Gasteiger partial charge in [0, 0.05) is 17.1 Å². The molecule has 0 saturated carbocycles. The summed E-state index contributed by atoms with van der Waals surface area (Å²) in [6, 6.07) is 7.27. The van der Waals surface area contributed by atoms with Gasteiger partial charge in [-0.15, -0.1) is 0 Å². The molecule has 0 aliphatic heterocycles. The van der Waals surface area contributed by atoms with Crippen LogP contribution in [-0.4, -0.2) is 11.7 Å². The number of aliphatic hydroxyl groups is 1. The minimum absolute atomic E-state index is 0.0346. The Morgan fingerprint density at radius 2 is 2.00 bits per heavy atom. The maximum Gasteiger partial charge on any atom is 0.105 e. The number of rotatable bonds is 3. The number of hydrogen-bond acceptors (Lipinski definition) is 2. The van der Waals surface area contributed by atoms with Crippen molar-refractivity contribution in [2.75, 3.05) is 6.54 Å². The quantitative estimate of drug-likeness (QED) is 0.808. The fraction of sp³-hybridized carbons (Fsp3) is 0.455. The first-order chi connectivity index (χ1) is 6.52. The molecule has 3 heteroatoms. The average Bonchev–Trinajstić information content (AvgIpc) is 2.17. The lowest BCUT2D eigenvalue weighted by atomic mass is 9.83. The summed E-state index contributed by atoms with van der Waals surface area (Å²) in [6.07, 6.45) is 0. The average molecular weight is 214 g/mol. The minimum Gasteiger partial charge on any atom is -0.384 e. The number of halogens is 1. The second-order valence-electron chi connectivity index (χ2n) is 3.76. The largest absolute Gasteiger partial charge is 0.384 e. The van der Waals surface area contributed by atoms with Crippen LogP contribution in [-0.2, 0) is 5.60 Å². The maximum absolute atomic E-state index is 10.3. The highest BCUT2D eigenvalue weighted by molar-refractivity contribution is 6.31. The van der Waals surface area contributed by atoms with Gasteiger partial charge < -0.3 is 10.8 Å². The summed E-state index contributed by atoms with van der Waals surface area (Å²) in [5.41, 5.74) is 5.28. The first-order valence-corrected chi connectivity index (χ1v) is 5.07. The van der Waals surface area contributed by atoms with Crippen LogP contribution in [0.4, 0.5) is 0 Å². The molecule has 1 rings (SSSR count). The SMILES string of the molecule is CC(C)C(O)(CN)c1ccccc1Cl. The lowest BCUT2D eigenvalue weighted by molar-refractivity contribution is -0.00103. The summed E-state index contributed by atoms with van der Waals surface area (Å²) in [4.78, 5) is 0. The number of nitrogens with two attached hydrogens (primary N) is 1. The molecule has 0 bridgehead atoms. The van der Waals surface area contributed by atoms with Crippen molar-refractivity contribution in [3.05, 3.63) is 34.9 Å². The molecular weight excluding hydrogens is 198 g/mol. The van der Waals surface area contributed by atoms with Crippen molar-refractivity contribution >= 4 is 11.6 Å². The molecule has 0 fully saturated rings. The first kappa shape index (κ1) is 11.5. The predicted molar refractivity (Wildman–Crippen MR) is 59.2 cm³/mol. The summed E-state index contributed by atoms with van der Waals surface area (Å²) in [5.74, 6) is 0.0346. The van der Waals surface area contributed by atoms with Crippen LogP contribution in [0.2, 0.25) is 5.02 Å². The van der Waals surface area contributed by atoms with Crippen LogP contribution in [0.5, 0.6) is 0 Å². The van der Waals surface area contributed by atoms with Crippen molar-refractivity contribution < 1.29 is 5.11 Å². The summed E-state index contributed by atoms with van der Waals surface area (Å²) < 4.78 is 0. The molecule has 0 radical (unpaired) electrons. The number of benzene rings is 1. The Balaban J connectivity index is 3.19. The zero-order chi connectivity index (χ0) is 10.8. The van der Waals surface area contributed by atoms with Gasteiger partial charge in [0.15, 0.2) is 0 Å². The molecule has 0 aliphatic carbocycles. The van der Waals surface area contributed by atoms with E-state index in [1.165, 1.54) is 0 Å². The van der Waals surface area contributed by atoms with Crippen LogP contribution in [0.1, 0.15) is 19.4 Å². The van der Waals surface area contributed by atoms with Crippen LogP contribution in [0, 0.1) is 5.92 Å². The summed E-state index contributed by atoms with van der Waals surface area (Å²) in [5, 5.41) is 10.9. The highest BCUT2D eigenvalue weighted by atomic mass is 35.5. The molecule has 78 valence electrons. The van der Waals surface area contributed by atoms with E-state index in [0.717, 1.165) is 0 Å². The molecule has 0 aromatic heterocycles. The Morgan fingerprint density at radius 1 is 1.43 bits per heavy atom. The van der Waals surface area contributed by atoms with Gasteiger partial charge in [0.25, 0.3) is 0 Å². The van der Waals surface area contributed by atoms with Crippen molar-refractivity contribution in [1.29, 1.82) is 0 Å². The monoisotopic (exact) mass is 213 g/mol. The van der Waals surface area contributed by atoms with E-state index in [1.807, 2.05) is 32.0 Å². The highest BCUT2D eigenvalue weighted by Gasteiger charge is 2.33. The molecule has 2 nitrogen and oxygen atoms in total. The van der Waals surface area contributed by atoms with Crippen LogP contribution < -0.4 is 5.73 Å². The third-order valence-electron chi connectivity index (χ3n) is 2.61. The normalized spacial score (nSPS) is 15.6. The fourth-order valence-corrected chi connectivity index (χ4v) is 1.77. The van der Waals surface area contributed by atoms with E-state index in [2.05, 4.69) is 0 Å². The van der Waals surface area contributed by atoms with Gasteiger partial charge in [0.2, 0.25) is 0 Å². The van der Waals surface area contributed by atoms with E-state index in [1.54, 1.807) is 6.07 Å². The van der Waals surface area contributed by atoms with Crippen molar-refractivity contribution in [2.45, 2.75) is 19.4 Å². The Hall–Kier alpha value is -0.570. The molecule has 0 aliphatic rings. The molecule has 1 unspecified atom stereocenters. The zero-order valence-electron chi connectivity index (χ0n) is 8.50. The van der Waals surface area contributed by atoms with E-state index >= 15 is 0 Å². The molecular formula is C11H16ClNO. The van der Waals surface area contributed by atoms with Gasteiger partial charge in [-0.2, -0.15) is 0 Å². The van der Waals surface area contributed by atoms with Crippen molar-refractivity contribution in [2.24, 2.45) is 11.7 Å². The van der Waals surface area contributed by atoms with Crippen LogP contribution in [0.3, 0.4) is 0 Å². The molecule has 3 N–H and O–H groups in total. The van der Waals surface area contributed by atoms with E-state index in [-0.39, 0.29) is 12.5 Å². The van der Waals surface area contributed by atoms with Gasteiger partial charge in [0.05, 0.1) is 0 Å². The summed E-state index contributed by atoms with van der Waals surface area (Å²) in [6.45, 7) is 4.03. The Kier molecular flexibility index (Phi) is 3.53.